The Balaban J connectivity index is 1.55. The van der Waals surface area contributed by atoms with Crippen LogP contribution >= 0.6 is 0 Å². The molecule has 27 heavy (non-hydrogen) atoms. The molecule has 7 nitrogen and oxygen atoms in total. The second-order valence-corrected chi connectivity index (χ2v) is 8.66. The van der Waals surface area contributed by atoms with E-state index in [0.717, 1.165) is 11.3 Å². The van der Waals surface area contributed by atoms with E-state index in [1.54, 1.807) is 12.1 Å². The van der Waals surface area contributed by atoms with E-state index in [2.05, 4.69) is 0 Å². The Hall–Kier alpha value is -2.29. The summed E-state index contributed by atoms with van der Waals surface area (Å²) in [4.78, 5) is 2.22. The van der Waals surface area contributed by atoms with Crippen LogP contribution in [0, 0.1) is 0 Å². The van der Waals surface area contributed by atoms with Crippen molar-refractivity contribution in [3.05, 3.63) is 48.0 Å². The molecule has 0 amide bonds. The quantitative estimate of drug-likeness (QED) is 0.798. The Morgan fingerprint density at radius 2 is 1.78 bits per heavy atom. The smallest absolute Gasteiger partial charge is 0.243 e. The molecule has 144 valence electrons. The number of sulfonamides is 1. The van der Waals surface area contributed by atoms with Crippen molar-refractivity contribution in [3.8, 4) is 11.5 Å². The zero-order valence-corrected chi connectivity index (χ0v) is 16.1. The molecule has 2 aliphatic heterocycles. The maximum atomic E-state index is 13.1. The van der Waals surface area contributed by atoms with E-state index in [-0.39, 0.29) is 24.3 Å². The van der Waals surface area contributed by atoms with Crippen LogP contribution in [-0.4, -0.2) is 53.3 Å². The number of anilines is 1. The first-order valence-corrected chi connectivity index (χ1v) is 10.2. The first-order chi connectivity index (χ1) is 12.9. The number of ether oxygens (including phenoxy) is 3. The molecule has 8 heteroatoms. The third-order valence-corrected chi connectivity index (χ3v) is 6.65. The van der Waals surface area contributed by atoms with Crippen LogP contribution in [0.1, 0.15) is 11.7 Å². The van der Waals surface area contributed by atoms with E-state index in [9.17, 15) is 8.42 Å². The Morgan fingerprint density at radius 3 is 2.52 bits per heavy atom. The van der Waals surface area contributed by atoms with Crippen LogP contribution in [0.4, 0.5) is 5.69 Å². The van der Waals surface area contributed by atoms with Gasteiger partial charge in [-0.05, 0) is 29.8 Å². The number of hydrogen-bond donors (Lipinski definition) is 0. The number of benzene rings is 2. The van der Waals surface area contributed by atoms with E-state index in [1.807, 2.05) is 43.3 Å². The largest absolute Gasteiger partial charge is 0.454 e. The molecule has 2 aliphatic rings. The molecular formula is C19H22N2O5S. The number of nitrogens with zero attached hydrogens (tertiary/aromatic N) is 2. The van der Waals surface area contributed by atoms with Crippen molar-refractivity contribution in [2.45, 2.75) is 11.0 Å². The predicted molar refractivity (Wildman–Crippen MR) is 101 cm³/mol. The number of morpholine rings is 1. The van der Waals surface area contributed by atoms with Crippen molar-refractivity contribution < 1.29 is 22.6 Å². The van der Waals surface area contributed by atoms with Crippen LogP contribution in [-0.2, 0) is 14.8 Å². The molecule has 1 fully saturated rings. The summed E-state index contributed by atoms with van der Waals surface area (Å²) in [6, 6.07) is 12.7. The van der Waals surface area contributed by atoms with Gasteiger partial charge in [0.1, 0.15) is 0 Å². The van der Waals surface area contributed by atoms with Gasteiger partial charge in [-0.25, -0.2) is 8.42 Å². The SMILES string of the molecule is CN(C)c1ccc(C2CN(S(=O)(=O)c3ccc4c(c3)OCO4)CCO2)cc1. The van der Waals surface area contributed by atoms with Crippen LogP contribution in [0.25, 0.3) is 0 Å². The van der Waals surface area contributed by atoms with Crippen molar-refractivity contribution in [1.82, 2.24) is 4.31 Å². The molecule has 1 unspecified atom stereocenters. The lowest BCUT2D eigenvalue weighted by molar-refractivity contribution is -0.00255. The van der Waals surface area contributed by atoms with Crippen molar-refractivity contribution in [1.29, 1.82) is 0 Å². The first-order valence-electron chi connectivity index (χ1n) is 8.74. The van der Waals surface area contributed by atoms with Gasteiger partial charge in [-0.2, -0.15) is 4.31 Å². The highest BCUT2D eigenvalue weighted by Crippen LogP contribution is 2.35. The van der Waals surface area contributed by atoms with Gasteiger partial charge in [-0.3, -0.25) is 0 Å². The molecule has 0 radical (unpaired) electrons. The second kappa shape index (κ2) is 7.03. The van der Waals surface area contributed by atoms with Gasteiger partial charge in [0.25, 0.3) is 0 Å². The first kappa shape index (κ1) is 18.1. The average Bonchev–Trinajstić information content (AvgIpc) is 3.16. The number of hydrogen-bond acceptors (Lipinski definition) is 6. The fourth-order valence-corrected chi connectivity index (χ4v) is 4.66. The van der Waals surface area contributed by atoms with Crippen molar-refractivity contribution >= 4 is 15.7 Å². The van der Waals surface area contributed by atoms with Gasteiger partial charge in [0.2, 0.25) is 16.8 Å². The van der Waals surface area contributed by atoms with Gasteiger partial charge >= 0.3 is 0 Å². The highest BCUT2D eigenvalue weighted by atomic mass is 32.2. The highest BCUT2D eigenvalue weighted by molar-refractivity contribution is 7.89. The Labute approximate surface area is 159 Å². The molecule has 0 aliphatic carbocycles. The van der Waals surface area contributed by atoms with Gasteiger partial charge in [0.05, 0.1) is 17.6 Å². The van der Waals surface area contributed by atoms with E-state index < -0.39 is 10.0 Å². The predicted octanol–water partition coefficient (Wildman–Crippen LogP) is 2.24. The summed E-state index contributed by atoms with van der Waals surface area (Å²) in [6.07, 6.45) is -0.293. The fraction of sp³-hybridized carbons (Fsp3) is 0.368. The lowest BCUT2D eigenvalue weighted by atomic mass is 10.1. The number of rotatable bonds is 4. The molecule has 0 bridgehead atoms. The fourth-order valence-electron chi connectivity index (χ4n) is 3.22. The molecular weight excluding hydrogens is 368 g/mol. The molecule has 2 heterocycles. The standard InChI is InChI=1S/C19H22N2O5S/c1-20(2)15-5-3-14(4-6-15)19-12-21(9-10-24-19)27(22,23)16-7-8-17-18(11-16)26-13-25-17/h3-8,11,19H,9-10,12-13H2,1-2H3. The zero-order valence-electron chi connectivity index (χ0n) is 15.3. The third kappa shape index (κ3) is 3.47. The molecule has 1 atom stereocenters. The van der Waals surface area contributed by atoms with Crippen molar-refractivity contribution in [2.75, 3.05) is 45.5 Å². The second-order valence-electron chi connectivity index (χ2n) is 6.72. The monoisotopic (exact) mass is 390 g/mol. The zero-order chi connectivity index (χ0) is 19.0. The van der Waals surface area contributed by atoms with Crippen LogP contribution in [0.5, 0.6) is 11.5 Å². The molecule has 1 saturated heterocycles. The topological polar surface area (TPSA) is 68.3 Å². The summed E-state index contributed by atoms with van der Waals surface area (Å²) in [7, 11) is 0.319. The molecule has 0 aromatic heterocycles. The Kier molecular flexibility index (Phi) is 4.71. The van der Waals surface area contributed by atoms with Gasteiger partial charge in [-0.1, -0.05) is 12.1 Å². The minimum absolute atomic E-state index is 0.113. The van der Waals surface area contributed by atoms with E-state index in [4.69, 9.17) is 14.2 Å². The maximum Gasteiger partial charge on any atom is 0.243 e. The average molecular weight is 390 g/mol. The van der Waals surface area contributed by atoms with Crippen LogP contribution in [0.3, 0.4) is 0 Å². The summed E-state index contributed by atoms with van der Waals surface area (Å²) >= 11 is 0. The van der Waals surface area contributed by atoms with Crippen LogP contribution in [0.15, 0.2) is 47.4 Å². The van der Waals surface area contributed by atoms with Gasteiger partial charge in [0.15, 0.2) is 11.5 Å². The number of fused-ring (bicyclic) bond motifs is 1. The molecule has 2 aromatic rings. The van der Waals surface area contributed by atoms with Crippen molar-refractivity contribution in [3.63, 3.8) is 0 Å². The van der Waals surface area contributed by atoms with Gasteiger partial charge in [-0.15, -0.1) is 0 Å². The summed E-state index contributed by atoms with van der Waals surface area (Å²) in [5.74, 6) is 1.02. The summed E-state index contributed by atoms with van der Waals surface area (Å²) in [5, 5.41) is 0. The van der Waals surface area contributed by atoms with Crippen LogP contribution < -0.4 is 14.4 Å². The van der Waals surface area contributed by atoms with Crippen molar-refractivity contribution in [2.24, 2.45) is 0 Å². The van der Waals surface area contributed by atoms with E-state index in [1.165, 1.54) is 10.4 Å². The summed E-state index contributed by atoms with van der Waals surface area (Å²) in [6.45, 7) is 1.06. The Bertz CT molecular complexity index is 928. The van der Waals surface area contributed by atoms with Gasteiger partial charge in [0, 0.05) is 38.9 Å². The van der Waals surface area contributed by atoms with Crippen LogP contribution in [0.2, 0.25) is 0 Å². The summed E-state index contributed by atoms with van der Waals surface area (Å²) in [5.41, 5.74) is 2.05. The molecule has 0 N–H and O–H groups in total. The maximum absolute atomic E-state index is 13.1. The minimum Gasteiger partial charge on any atom is -0.454 e. The van der Waals surface area contributed by atoms with Gasteiger partial charge < -0.3 is 19.1 Å². The highest BCUT2D eigenvalue weighted by Gasteiger charge is 2.32. The summed E-state index contributed by atoms with van der Waals surface area (Å²) < 4.78 is 44.0. The lowest BCUT2D eigenvalue weighted by Gasteiger charge is -2.32. The molecule has 2 aromatic carbocycles. The Morgan fingerprint density at radius 1 is 1.04 bits per heavy atom. The lowest BCUT2D eigenvalue weighted by Crippen LogP contribution is -2.42. The van der Waals surface area contributed by atoms with E-state index >= 15 is 0 Å². The van der Waals surface area contributed by atoms with E-state index in [0.29, 0.717) is 24.7 Å². The third-order valence-electron chi connectivity index (χ3n) is 4.79. The normalized spacial score (nSPS) is 19.9. The molecule has 0 saturated carbocycles. The molecule has 0 spiro atoms. The molecule has 4 rings (SSSR count). The minimum atomic E-state index is -3.64.